The molecule has 2 aromatic carbocycles. The van der Waals surface area contributed by atoms with Gasteiger partial charge in [0.25, 0.3) is 11.5 Å². The smallest absolute Gasteiger partial charge is 0.262 e. The molecule has 2 aromatic heterocycles. The highest BCUT2D eigenvalue weighted by Gasteiger charge is 2.23. The van der Waals surface area contributed by atoms with Crippen LogP contribution in [0.15, 0.2) is 53.3 Å². The maximum Gasteiger partial charge on any atom is 0.262 e. The summed E-state index contributed by atoms with van der Waals surface area (Å²) in [4.78, 5) is 30.2. The molecule has 0 aliphatic carbocycles. The molecule has 0 spiro atoms. The Kier molecular flexibility index (Phi) is 5.68. The highest BCUT2D eigenvalue weighted by Crippen LogP contribution is 2.17. The fourth-order valence-electron chi connectivity index (χ4n) is 4.69. The van der Waals surface area contributed by atoms with Gasteiger partial charge >= 0.3 is 0 Å². The van der Waals surface area contributed by atoms with Gasteiger partial charge in [0.05, 0.1) is 17.4 Å². The number of para-hydroxylation sites is 1. The first-order valence-electron chi connectivity index (χ1n) is 11.5. The van der Waals surface area contributed by atoms with E-state index >= 15 is 0 Å². The van der Waals surface area contributed by atoms with Crippen molar-refractivity contribution < 1.29 is 4.79 Å². The van der Waals surface area contributed by atoms with Crippen molar-refractivity contribution in [2.75, 3.05) is 26.2 Å². The first-order valence-corrected chi connectivity index (χ1v) is 11.5. The summed E-state index contributed by atoms with van der Waals surface area (Å²) in [6, 6.07) is 15.4. The molecule has 8 heteroatoms. The topological polar surface area (TPSA) is 75.7 Å². The highest BCUT2D eigenvalue weighted by atomic mass is 16.2. The Morgan fingerprint density at radius 2 is 1.85 bits per heavy atom. The minimum atomic E-state index is -0.0420. The van der Waals surface area contributed by atoms with Gasteiger partial charge in [-0.1, -0.05) is 29.8 Å². The Bertz CT molecular complexity index is 1390. The summed E-state index contributed by atoms with van der Waals surface area (Å²) >= 11 is 0. The fourth-order valence-corrected chi connectivity index (χ4v) is 4.69. The molecule has 170 valence electrons. The molecule has 8 nitrogen and oxygen atoms in total. The summed E-state index contributed by atoms with van der Waals surface area (Å²) in [5.41, 5.74) is 2.62. The Hall–Kier alpha value is -3.52. The van der Waals surface area contributed by atoms with Gasteiger partial charge in [0.15, 0.2) is 5.82 Å². The number of benzene rings is 2. The largest absolute Gasteiger partial charge is 0.337 e. The highest BCUT2D eigenvalue weighted by molar-refractivity contribution is 5.94. The molecule has 1 aliphatic heterocycles. The molecule has 1 saturated heterocycles. The molecule has 5 rings (SSSR count). The lowest BCUT2D eigenvalue weighted by molar-refractivity contribution is 0.0761. The first-order chi connectivity index (χ1) is 16.1. The number of carbonyl (C=O) groups excluding carboxylic acids is 1. The summed E-state index contributed by atoms with van der Waals surface area (Å²) in [7, 11) is 0. The van der Waals surface area contributed by atoms with E-state index in [0.29, 0.717) is 30.8 Å². The average Bonchev–Trinajstić information content (AvgIpc) is 3.09. The van der Waals surface area contributed by atoms with Gasteiger partial charge in [-0.25, -0.2) is 0 Å². The maximum absolute atomic E-state index is 13.0. The number of carbonyl (C=O) groups is 1. The molecule has 0 saturated carbocycles. The Labute approximate surface area is 192 Å². The van der Waals surface area contributed by atoms with Crippen molar-refractivity contribution in [3.8, 4) is 0 Å². The van der Waals surface area contributed by atoms with Crippen LogP contribution in [0.1, 0.15) is 35.1 Å². The molecule has 0 radical (unpaired) electrons. The number of aromatic nitrogens is 4. The lowest BCUT2D eigenvalue weighted by Crippen LogP contribution is -2.35. The molecule has 0 unspecified atom stereocenters. The van der Waals surface area contributed by atoms with Crippen LogP contribution in [0.5, 0.6) is 0 Å². The van der Waals surface area contributed by atoms with Gasteiger partial charge in [-0.15, -0.1) is 10.2 Å². The van der Waals surface area contributed by atoms with Crippen molar-refractivity contribution >= 4 is 22.6 Å². The fraction of sp³-hybridized carbons (Fsp3) is 0.360. The van der Waals surface area contributed by atoms with Gasteiger partial charge < -0.3 is 4.90 Å². The molecule has 33 heavy (non-hydrogen) atoms. The number of aryl methyl sites for hydroxylation is 2. The van der Waals surface area contributed by atoms with Crippen molar-refractivity contribution in [3.63, 3.8) is 0 Å². The summed E-state index contributed by atoms with van der Waals surface area (Å²) < 4.78 is 3.67. The third kappa shape index (κ3) is 3.91. The van der Waals surface area contributed by atoms with Crippen LogP contribution in [0.4, 0.5) is 0 Å². The molecule has 0 N–H and O–H groups in total. The van der Waals surface area contributed by atoms with Crippen LogP contribution < -0.4 is 5.56 Å². The van der Waals surface area contributed by atoms with Crippen molar-refractivity contribution in [1.29, 1.82) is 0 Å². The van der Waals surface area contributed by atoms with Crippen LogP contribution in [0.2, 0.25) is 0 Å². The molecule has 0 bridgehead atoms. The quantitative estimate of drug-likeness (QED) is 0.484. The van der Waals surface area contributed by atoms with Gasteiger partial charge in [-0.2, -0.15) is 0 Å². The Balaban J connectivity index is 1.40. The second-order valence-corrected chi connectivity index (χ2v) is 8.61. The minimum absolute atomic E-state index is 0.0420. The van der Waals surface area contributed by atoms with E-state index in [-0.39, 0.29) is 11.5 Å². The molecule has 1 amide bonds. The van der Waals surface area contributed by atoms with Gasteiger partial charge in [0, 0.05) is 38.3 Å². The normalized spacial score (nSPS) is 15.3. The van der Waals surface area contributed by atoms with Crippen LogP contribution in [-0.2, 0) is 13.1 Å². The van der Waals surface area contributed by atoms with E-state index < -0.39 is 0 Å². The van der Waals surface area contributed by atoms with Crippen LogP contribution >= 0.6 is 0 Å². The third-order valence-corrected chi connectivity index (χ3v) is 6.40. The lowest BCUT2D eigenvalue weighted by atomic mass is 10.1. The van der Waals surface area contributed by atoms with Crippen LogP contribution in [0.25, 0.3) is 16.7 Å². The summed E-state index contributed by atoms with van der Waals surface area (Å²) in [6.07, 6.45) is 0.898. The number of nitrogens with zero attached hydrogens (tertiary/aromatic N) is 6. The molecular formula is C25H28N6O2. The molecule has 3 heterocycles. The van der Waals surface area contributed by atoms with Gasteiger partial charge in [-0.3, -0.25) is 23.5 Å². The SMILES string of the molecule is CCn1c(=O)c2ccccc2n2c(CN3CCCN(C(=O)c4cccc(C)c4)CC3)nnc12. The monoisotopic (exact) mass is 444 g/mol. The Morgan fingerprint density at radius 3 is 2.67 bits per heavy atom. The van der Waals surface area contributed by atoms with E-state index in [9.17, 15) is 9.59 Å². The second kappa shape index (κ2) is 8.78. The zero-order chi connectivity index (χ0) is 22.9. The van der Waals surface area contributed by atoms with Crippen LogP contribution in [-0.4, -0.2) is 61.1 Å². The number of fused-ring (bicyclic) bond motifs is 3. The van der Waals surface area contributed by atoms with Crippen LogP contribution in [0, 0.1) is 6.92 Å². The molecular weight excluding hydrogens is 416 g/mol. The summed E-state index contributed by atoms with van der Waals surface area (Å²) in [6.45, 7) is 8.14. The van der Waals surface area contributed by atoms with E-state index in [1.807, 2.05) is 71.7 Å². The van der Waals surface area contributed by atoms with Gasteiger partial charge in [0.1, 0.15) is 0 Å². The van der Waals surface area contributed by atoms with Crippen molar-refractivity contribution in [2.24, 2.45) is 0 Å². The first kappa shape index (κ1) is 21.3. The summed E-state index contributed by atoms with van der Waals surface area (Å²) in [5.74, 6) is 1.47. The van der Waals surface area contributed by atoms with E-state index in [4.69, 9.17) is 0 Å². The standard InChI is InChI=1S/C25H28N6O2/c1-3-30-24(33)20-10-4-5-11-21(20)31-22(26-27-25(30)31)17-28-12-7-13-29(15-14-28)23(32)19-9-6-8-18(2)16-19/h4-6,8-11,16H,3,7,12-15,17H2,1-2H3. The number of rotatable bonds is 4. The molecule has 1 fully saturated rings. The minimum Gasteiger partial charge on any atom is -0.337 e. The Morgan fingerprint density at radius 1 is 1.00 bits per heavy atom. The average molecular weight is 445 g/mol. The number of hydrogen-bond acceptors (Lipinski definition) is 5. The van der Waals surface area contributed by atoms with Crippen molar-refractivity contribution in [2.45, 2.75) is 33.4 Å². The van der Waals surface area contributed by atoms with Gasteiger partial charge in [-0.05, 0) is 44.5 Å². The van der Waals surface area contributed by atoms with E-state index in [1.165, 1.54) is 0 Å². The van der Waals surface area contributed by atoms with Crippen molar-refractivity contribution in [3.05, 3.63) is 75.8 Å². The maximum atomic E-state index is 13.0. The van der Waals surface area contributed by atoms with Crippen molar-refractivity contribution in [1.82, 2.24) is 29.0 Å². The van der Waals surface area contributed by atoms with Crippen LogP contribution in [0.3, 0.4) is 0 Å². The second-order valence-electron chi connectivity index (χ2n) is 8.61. The number of amides is 1. The lowest BCUT2D eigenvalue weighted by Gasteiger charge is -2.22. The zero-order valence-electron chi connectivity index (χ0n) is 19.1. The zero-order valence-corrected chi connectivity index (χ0v) is 19.1. The summed E-state index contributed by atoms with van der Waals surface area (Å²) in [5, 5.41) is 9.49. The molecule has 1 aliphatic rings. The molecule has 4 aromatic rings. The third-order valence-electron chi connectivity index (χ3n) is 6.40. The van der Waals surface area contributed by atoms with E-state index in [1.54, 1.807) is 4.57 Å². The van der Waals surface area contributed by atoms with E-state index in [2.05, 4.69) is 15.1 Å². The predicted octanol–water partition coefficient (Wildman–Crippen LogP) is 2.72. The van der Waals surface area contributed by atoms with Gasteiger partial charge in [0.2, 0.25) is 5.78 Å². The van der Waals surface area contributed by atoms with E-state index in [0.717, 1.165) is 48.5 Å². The predicted molar refractivity (Wildman–Crippen MR) is 127 cm³/mol. The molecule has 0 atom stereocenters. The number of hydrogen-bond donors (Lipinski definition) is 0.